The van der Waals surface area contributed by atoms with Gasteiger partial charge in [0.25, 0.3) is 0 Å². The minimum Gasteiger partial charge on any atom is -0.506 e. The predicted octanol–water partition coefficient (Wildman–Crippen LogP) is 9.88. The Bertz CT molecular complexity index is 2300. The summed E-state index contributed by atoms with van der Waals surface area (Å²) in [5, 5.41) is 12.9. The Balaban J connectivity index is 0.00000338. The van der Waals surface area contributed by atoms with E-state index in [4.69, 9.17) is 9.97 Å². The van der Waals surface area contributed by atoms with E-state index in [1.54, 1.807) is 6.07 Å². The van der Waals surface area contributed by atoms with Crippen molar-refractivity contribution in [3.63, 3.8) is 0 Å². The molecular formula is C40H27N4OPt-. The number of hydrogen-bond acceptors (Lipinski definition) is 4. The van der Waals surface area contributed by atoms with Gasteiger partial charge in [0.1, 0.15) is 17.2 Å². The summed E-state index contributed by atoms with van der Waals surface area (Å²) in [7, 11) is 0. The number of fused-ring (bicyclic) bond motifs is 3. The summed E-state index contributed by atoms with van der Waals surface area (Å²) in [5.41, 5.74) is 8.11. The first-order valence-electron chi connectivity index (χ1n) is 14.8. The van der Waals surface area contributed by atoms with E-state index in [9.17, 15) is 5.11 Å². The van der Waals surface area contributed by atoms with Crippen molar-refractivity contribution < 1.29 is 26.2 Å². The van der Waals surface area contributed by atoms with Gasteiger partial charge in [-0.3, -0.25) is 9.55 Å². The van der Waals surface area contributed by atoms with Crippen LogP contribution < -0.4 is 4.90 Å². The fourth-order valence-electron chi connectivity index (χ4n) is 5.95. The van der Waals surface area contributed by atoms with Gasteiger partial charge in [-0.25, -0.2) is 4.98 Å². The third kappa shape index (κ3) is 5.25. The van der Waals surface area contributed by atoms with E-state index in [0.717, 1.165) is 61.5 Å². The number of aromatic hydroxyl groups is 1. The maximum atomic E-state index is 10.8. The van der Waals surface area contributed by atoms with Crippen molar-refractivity contribution in [2.75, 3.05) is 4.90 Å². The zero-order valence-electron chi connectivity index (χ0n) is 24.6. The molecule has 0 bridgehead atoms. The molecule has 5 nitrogen and oxygen atoms in total. The Morgan fingerprint density at radius 3 is 2.20 bits per heavy atom. The summed E-state index contributed by atoms with van der Waals surface area (Å²) in [6.07, 6.45) is 1.85. The number of aromatic nitrogens is 3. The molecule has 0 radical (unpaired) electrons. The van der Waals surface area contributed by atoms with Gasteiger partial charge in [0.05, 0.1) is 11.2 Å². The molecule has 224 valence electrons. The molecule has 0 spiro atoms. The number of pyridine rings is 2. The van der Waals surface area contributed by atoms with E-state index in [-0.39, 0.29) is 26.8 Å². The Hall–Kier alpha value is -5.51. The number of hydrogen-bond donors (Lipinski definition) is 1. The van der Waals surface area contributed by atoms with Crippen LogP contribution in [0.1, 0.15) is 0 Å². The second kappa shape index (κ2) is 12.5. The number of para-hydroxylation sites is 4. The normalized spacial score (nSPS) is 11.0. The van der Waals surface area contributed by atoms with E-state index in [1.165, 1.54) is 0 Å². The van der Waals surface area contributed by atoms with E-state index in [0.29, 0.717) is 5.69 Å². The summed E-state index contributed by atoms with van der Waals surface area (Å²) in [5.74, 6) is 0.990. The standard InChI is InChI=1S/C40H27N4O.Pt/c45-38-21-10-9-20-37(38)44-36-19-8-7-18-33(36)34-22-23-35(42-40(34)44)30-14-11-17-32(26-30)43(31-15-5-2-6-16-31)39-27-29(24-25-41-39)28-12-3-1-4-13-28;/h1-25,27,45H;/q-1;. The van der Waals surface area contributed by atoms with Gasteiger partial charge >= 0.3 is 0 Å². The van der Waals surface area contributed by atoms with Crippen LogP contribution in [0.15, 0.2) is 158 Å². The van der Waals surface area contributed by atoms with Crippen molar-refractivity contribution in [2.45, 2.75) is 0 Å². The molecule has 0 saturated carbocycles. The van der Waals surface area contributed by atoms with Crippen LogP contribution in [0.4, 0.5) is 17.2 Å². The summed E-state index contributed by atoms with van der Waals surface area (Å²) in [6.45, 7) is 0. The average Bonchev–Trinajstić information content (AvgIpc) is 3.43. The molecule has 1 N–H and O–H groups in total. The molecule has 0 unspecified atom stereocenters. The van der Waals surface area contributed by atoms with Gasteiger partial charge < -0.3 is 10.0 Å². The largest absolute Gasteiger partial charge is 0.506 e. The van der Waals surface area contributed by atoms with Crippen LogP contribution >= 0.6 is 0 Å². The first-order valence-corrected chi connectivity index (χ1v) is 14.8. The minimum atomic E-state index is 0. The van der Waals surface area contributed by atoms with Gasteiger partial charge in [-0.05, 0) is 65.0 Å². The van der Waals surface area contributed by atoms with Crippen molar-refractivity contribution in [3.8, 4) is 33.8 Å². The molecule has 8 rings (SSSR count). The van der Waals surface area contributed by atoms with Crippen molar-refractivity contribution in [3.05, 3.63) is 164 Å². The molecule has 46 heavy (non-hydrogen) atoms. The van der Waals surface area contributed by atoms with Crippen LogP contribution in [0.25, 0.3) is 50.0 Å². The van der Waals surface area contributed by atoms with E-state index >= 15 is 0 Å². The summed E-state index contributed by atoms with van der Waals surface area (Å²) >= 11 is 0. The van der Waals surface area contributed by atoms with Gasteiger partial charge in [-0.2, -0.15) is 0 Å². The monoisotopic (exact) mass is 774 g/mol. The Kier molecular flexibility index (Phi) is 7.92. The van der Waals surface area contributed by atoms with Gasteiger partial charge in [0.2, 0.25) is 0 Å². The van der Waals surface area contributed by atoms with Crippen LogP contribution in [-0.4, -0.2) is 19.6 Å². The SMILES string of the molecule is Oc1ccccc1-n1c2ccccc2c2ccc(-c3[c-]c(N(c4ccccc4)c4cc(-c5ccccc5)ccn4)ccc3)nc21.[Pt]. The fraction of sp³-hybridized carbons (Fsp3) is 0. The number of nitrogens with zero attached hydrogens (tertiary/aromatic N) is 4. The molecule has 0 atom stereocenters. The minimum absolute atomic E-state index is 0. The van der Waals surface area contributed by atoms with Crippen LogP contribution in [-0.2, 0) is 21.1 Å². The smallest absolute Gasteiger partial charge is 0.139 e. The van der Waals surface area contributed by atoms with E-state index in [2.05, 4.69) is 59.5 Å². The van der Waals surface area contributed by atoms with Crippen molar-refractivity contribution in [2.24, 2.45) is 0 Å². The predicted molar refractivity (Wildman–Crippen MR) is 182 cm³/mol. The molecule has 8 aromatic rings. The Morgan fingerprint density at radius 1 is 0.630 bits per heavy atom. The maximum Gasteiger partial charge on any atom is 0.139 e. The van der Waals surface area contributed by atoms with Crippen LogP contribution in [0.5, 0.6) is 5.75 Å². The molecule has 0 saturated heterocycles. The molecule has 0 fully saturated rings. The topological polar surface area (TPSA) is 54.2 Å². The molecule has 3 heterocycles. The third-order valence-electron chi connectivity index (χ3n) is 8.04. The molecule has 3 aromatic heterocycles. The third-order valence-corrected chi connectivity index (χ3v) is 8.04. The second-order valence-electron chi connectivity index (χ2n) is 10.8. The molecule has 0 aliphatic heterocycles. The number of anilines is 3. The molecule has 6 heteroatoms. The Labute approximate surface area is 281 Å². The van der Waals surface area contributed by atoms with Gasteiger partial charge in [0, 0.05) is 43.7 Å². The van der Waals surface area contributed by atoms with E-state index in [1.807, 2.05) is 108 Å². The van der Waals surface area contributed by atoms with Crippen LogP contribution in [0.2, 0.25) is 0 Å². The molecule has 5 aromatic carbocycles. The first-order chi connectivity index (χ1) is 22.2. The van der Waals surface area contributed by atoms with Gasteiger partial charge in [0.15, 0.2) is 0 Å². The quantitative estimate of drug-likeness (QED) is 0.171. The van der Waals surface area contributed by atoms with Gasteiger partial charge in [-0.15, -0.1) is 29.8 Å². The van der Waals surface area contributed by atoms with Crippen molar-refractivity contribution >= 4 is 39.1 Å². The summed E-state index contributed by atoms with van der Waals surface area (Å²) < 4.78 is 2.03. The number of phenolic OH excluding ortho intramolecular Hbond substituents is 1. The van der Waals surface area contributed by atoms with Gasteiger partial charge in [-0.1, -0.05) is 91.0 Å². The molecule has 0 aliphatic rings. The maximum absolute atomic E-state index is 10.8. The van der Waals surface area contributed by atoms with Crippen molar-refractivity contribution in [1.82, 2.24) is 14.5 Å². The van der Waals surface area contributed by atoms with E-state index < -0.39 is 0 Å². The second-order valence-corrected chi connectivity index (χ2v) is 10.8. The number of rotatable bonds is 6. The number of benzene rings is 5. The number of phenols is 1. The average molecular weight is 775 g/mol. The summed E-state index contributed by atoms with van der Waals surface area (Å²) in [4.78, 5) is 12.1. The zero-order valence-corrected chi connectivity index (χ0v) is 26.8. The fourth-order valence-corrected chi connectivity index (χ4v) is 5.95. The van der Waals surface area contributed by atoms with Crippen LogP contribution in [0.3, 0.4) is 0 Å². The molecule has 0 amide bonds. The zero-order chi connectivity index (χ0) is 30.2. The molecular weight excluding hydrogens is 748 g/mol. The first kappa shape index (κ1) is 29.2. The Morgan fingerprint density at radius 2 is 1.37 bits per heavy atom. The van der Waals surface area contributed by atoms with Crippen molar-refractivity contribution in [1.29, 1.82) is 0 Å². The van der Waals surface area contributed by atoms with Crippen LogP contribution in [0, 0.1) is 6.07 Å². The molecule has 0 aliphatic carbocycles. The summed E-state index contributed by atoms with van der Waals surface area (Å²) in [6, 6.07) is 54.2.